The lowest BCUT2D eigenvalue weighted by Gasteiger charge is -2.38. The first-order valence-corrected chi connectivity index (χ1v) is 8.44. The lowest BCUT2D eigenvalue weighted by Crippen LogP contribution is -2.51. The summed E-state index contributed by atoms with van der Waals surface area (Å²) in [4.78, 5) is 13.1. The Morgan fingerprint density at radius 2 is 1.65 bits per heavy atom. The fourth-order valence-electron chi connectivity index (χ4n) is 2.48. The van der Waals surface area contributed by atoms with Gasteiger partial charge in [-0.2, -0.15) is 8.42 Å². The van der Waals surface area contributed by atoms with E-state index in [9.17, 15) is 4.79 Å². The molecule has 0 atom stereocenters. The van der Waals surface area contributed by atoms with E-state index in [2.05, 4.69) is 17.0 Å². The molecule has 8 nitrogen and oxygen atoms in total. The van der Waals surface area contributed by atoms with Crippen molar-refractivity contribution in [1.29, 1.82) is 0 Å². The highest BCUT2D eigenvalue weighted by Crippen LogP contribution is 2.24. The third kappa shape index (κ3) is 9.26. The molecule has 0 amide bonds. The highest BCUT2D eigenvalue weighted by Gasteiger charge is 2.32. The van der Waals surface area contributed by atoms with Gasteiger partial charge in [-0.05, 0) is 18.4 Å². The standard InChI is InChI=1S/C14H20N2O2.H2O4S/c15-14(10-13(17)18)6-8-16(9-7-14)11-12-4-2-1-3-5-12;1-5(2,3)4/h1-5H,6-11,15H2,(H,17,18);(H2,1,2,3,4). The summed E-state index contributed by atoms with van der Waals surface area (Å²) in [7, 11) is -4.67. The van der Waals surface area contributed by atoms with Crippen molar-refractivity contribution in [2.45, 2.75) is 31.3 Å². The van der Waals surface area contributed by atoms with Crippen LogP contribution < -0.4 is 5.73 Å². The van der Waals surface area contributed by atoms with Crippen LogP contribution in [0.3, 0.4) is 0 Å². The van der Waals surface area contributed by atoms with Crippen molar-refractivity contribution in [2.24, 2.45) is 5.73 Å². The summed E-state index contributed by atoms with van der Waals surface area (Å²) in [5.41, 5.74) is 6.89. The minimum absolute atomic E-state index is 0.0756. The third-order valence-electron chi connectivity index (χ3n) is 3.60. The lowest BCUT2D eigenvalue weighted by molar-refractivity contribution is -0.138. The number of hydrogen-bond acceptors (Lipinski definition) is 5. The molecule has 9 heteroatoms. The molecule has 5 N–H and O–H groups in total. The van der Waals surface area contributed by atoms with Crippen molar-refractivity contribution < 1.29 is 27.4 Å². The molecule has 130 valence electrons. The van der Waals surface area contributed by atoms with Crippen LogP contribution in [0.5, 0.6) is 0 Å². The number of rotatable bonds is 4. The lowest BCUT2D eigenvalue weighted by atomic mass is 9.85. The van der Waals surface area contributed by atoms with Crippen molar-refractivity contribution in [3.63, 3.8) is 0 Å². The average molecular weight is 346 g/mol. The second kappa shape index (κ2) is 8.37. The van der Waals surface area contributed by atoms with E-state index in [0.717, 1.165) is 32.5 Å². The number of nitrogens with two attached hydrogens (primary N) is 1. The Balaban J connectivity index is 0.000000463. The summed E-state index contributed by atoms with van der Waals surface area (Å²) in [6, 6.07) is 10.3. The Morgan fingerprint density at radius 3 is 2.09 bits per heavy atom. The smallest absolute Gasteiger partial charge is 0.394 e. The molecule has 0 bridgehead atoms. The van der Waals surface area contributed by atoms with Crippen molar-refractivity contribution in [2.75, 3.05) is 13.1 Å². The van der Waals surface area contributed by atoms with Crippen LogP contribution in [0.15, 0.2) is 30.3 Å². The van der Waals surface area contributed by atoms with Crippen molar-refractivity contribution in [3.05, 3.63) is 35.9 Å². The van der Waals surface area contributed by atoms with Crippen LogP contribution in [0.1, 0.15) is 24.8 Å². The first-order chi connectivity index (χ1) is 10.6. The number of carboxylic acids is 1. The minimum atomic E-state index is -4.67. The summed E-state index contributed by atoms with van der Waals surface area (Å²) in [5, 5.41) is 8.84. The van der Waals surface area contributed by atoms with Gasteiger partial charge in [0.05, 0.1) is 6.42 Å². The van der Waals surface area contributed by atoms with Crippen LogP contribution in [-0.2, 0) is 21.7 Å². The highest BCUT2D eigenvalue weighted by atomic mass is 32.3. The van der Waals surface area contributed by atoms with Gasteiger partial charge in [-0.1, -0.05) is 30.3 Å². The van der Waals surface area contributed by atoms with E-state index in [1.807, 2.05) is 18.2 Å². The molecule has 0 aromatic heterocycles. The van der Waals surface area contributed by atoms with E-state index < -0.39 is 21.9 Å². The molecule has 0 saturated carbocycles. The van der Waals surface area contributed by atoms with Gasteiger partial charge in [0.15, 0.2) is 0 Å². The van der Waals surface area contributed by atoms with Gasteiger partial charge in [0.2, 0.25) is 0 Å². The molecule has 1 aromatic carbocycles. The van der Waals surface area contributed by atoms with E-state index >= 15 is 0 Å². The van der Waals surface area contributed by atoms with Crippen LogP contribution >= 0.6 is 0 Å². The Bertz CT molecular complexity index is 589. The quantitative estimate of drug-likeness (QED) is 0.587. The molecule has 1 aromatic rings. The summed E-state index contributed by atoms with van der Waals surface area (Å²) in [5.74, 6) is -0.797. The van der Waals surface area contributed by atoms with Gasteiger partial charge in [-0.3, -0.25) is 18.8 Å². The number of likely N-dealkylation sites (tertiary alicyclic amines) is 1. The molecule has 0 radical (unpaired) electrons. The van der Waals surface area contributed by atoms with Crippen LogP contribution in [-0.4, -0.2) is 52.1 Å². The Kier molecular flexibility index (Phi) is 7.10. The molecule has 0 aliphatic carbocycles. The van der Waals surface area contributed by atoms with Crippen LogP contribution in [0.2, 0.25) is 0 Å². The Hall–Kier alpha value is -1.52. The van der Waals surface area contributed by atoms with Gasteiger partial charge in [0, 0.05) is 25.2 Å². The number of carbonyl (C=O) groups is 1. The molecule has 0 unspecified atom stereocenters. The summed E-state index contributed by atoms with van der Waals surface area (Å²) < 4.78 is 31.6. The SMILES string of the molecule is NC1(CC(=O)O)CCN(Cc2ccccc2)CC1.O=S(=O)(O)O. The van der Waals surface area contributed by atoms with Gasteiger partial charge in [-0.25, -0.2) is 0 Å². The normalized spacial score (nSPS) is 17.9. The molecule has 1 aliphatic rings. The van der Waals surface area contributed by atoms with Gasteiger partial charge in [0.25, 0.3) is 0 Å². The maximum absolute atomic E-state index is 10.8. The highest BCUT2D eigenvalue weighted by molar-refractivity contribution is 7.79. The summed E-state index contributed by atoms with van der Waals surface area (Å²) in [6.07, 6.45) is 1.59. The molecular formula is C14H22N2O6S. The maximum Gasteiger partial charge on any atom is 0.394 e. The zero-order chi connectivity index (χ0) is 17.5. The van der Waals surface area contributed by atoms with E-state index in [-0.39, 0.29) is 6.42 Å². The summed E-state index contributed by atoms with van der Waals surface area (Å²) >= 11 is 0. The molecule has 0 spiro atoms. The predicted octanol–water partition coefficient (Wildman–Crippen LogP) is 0.802. The molecule has 1 heterocycles. The topological polar surface area (TPSA) is 141 Å². The van der Waals surface area contributed by atoms with Crippen molar-refractivity contribution >= 4 is 16.4 Å². The molecule has 1 fully saturated rings. The second-order valence-electron chi connectivity index (χ2n) is 5.64. The zero-order valence-corrected chi connectivity index (χ0v) is 13.4. The number of benzene rings is 1. The fraction of sp³-hybridized carbons (Fsp3) is 0.500. The predicted molar refractivity (Wildman–Crippen MR) is 84.3 cm³/mol. The largest absolute Gasteiger partial charge is 0.481 e. The van der Waals surface area contributed by atoms with Gasteiger partial charge in [0.1, 0.15) is 0 Å². The van der Waals surface area contributed by atoms with E-state index in [1.54, 1.807) is 0 Å². The number of hydrogen-bond donors (Lipinski definition) is 4. The second-order valence-corrected chi connectivity index (χ2v) is 6.54. The molecule has 1 saturated heterocycles. The number of aliphatic carboxylic acids is 1. The monoisotopic (exact) mass is 346 g/mol. The van der Waals surface area contributed by atoms with E-state index in [0.29, 0.717) is 0 Å². The van der Waals surface area contributed by atoms with E-state index in [1.165, 1.54) is 5.56 Å². The molecule has 1 aliphatic heterocycles. The average Bonchev–Trinajstić information content (AvgIpc) is 2.40. The first kappa shape index (κ1) is 19.5. The molecular weight excluding hydrogens is 324 g/mol. The number of piperidine rings is 1. The van der Waals surface area contributed by atoms with Gasteiger partial charge >= 0.3 is 16.4 Å². The fourth-order valence-corrected chi connectivity index (χ4v) is 2.48. The van der Waals surface area contributed by atoms with Crippen molar-refractivity contribution in [3.8, 4) is 0 Å². The zero-order valence-electron chi connectivity index (χ0n) is 12.6. The Labute approximate surface area is 135 Å². The van der Waals surface area contributed by atoms with Gasteiger partial charge in [-0.15, -0.1) is 0 Å². The summed E-state index contributed by atoms with van der Waals surface area (Å²) in [6.45, 7) is 2.67. The minimum Gasteiger partial charge on any atom is -0.481 e. The van der Waals surface area contributed by atoms with Crippen LogP contribution in [0, 0.1) is 0 Å². The number of nitrogens with zero attached hydrogens (tertiary/aromatic N) is 1. The number of carboxylic acid groups (broad SMARTS) is 1. The van der Waals surface area contributed by atoms with Crippen molar-refractivity contribution in [1.82, 2.24) is 4.90 Å². The molecule has 23 heavy (non-hydrogen) atoms. The van der Waals surface area contributed by atoms with Crippen LogP contribution in [0.4, 0.5) is 0 Å². The third-order valence-corrected chi connectivity index (χ3v) is 3.60. The van der Waals surface area contributed by atoms with Crippen LogP contribution in [0.25, 0.3) is 0 Å². The van der Waals surface area contributed by atoms with Gasteiger partial charge < -0.3 is 10.8 Å². The van der Waals surface area contributed by atoms with E-state index in [4.69, 9.17) is 28.4 Å². The molecule has 2 rings (SSSR count). The first-order valence-electron chi connectivity index (χ1n) is 7.04. The maximum atomic E-state index is 10.8. The Morgan fingerprint density at radius 1 is 1.17 bits per heavy atom.